The first-order valence-electron chi connectivity index (χ1n) is 10.7. The van der Waals surface area contributed by atoms with Crippen molar-refractivity contribution in [2.45, 2.75) is 0 Å². The molecule has 0 spiro atoms. The molecule has 0 radical (unpaired) electrons. The zero-order valence-electron chi connectivity index (χ0n) is 18.4. The Morgan fingerprint density at radius 2 is 2.00 bits per heavy atom. The first kappa shape index (κ1) is 20.5. The molecule has 2 aromatic carbocycles. The third-order valence-electron chi connectivity index (χ3n) is 5.51. The zero-order valence-corrected chi connectivity index (χ0v) is 18.4. The summed E-state index contributed by atoms with van der Waals surface area (Å²) in [7, 11) is 1.73. The molecule has 0 saturated heterocycles. The van der Waals surface area contributed by atoms with Crippen LogP contribution in [0.25, 0.3) is 27.6 Å². The number of nitrogens with one attached hydrogen (secondary N) is 3. The summed E-state index contributed by atoms with van der Waals surface area (Å²) in [5, 5.41) is 23.4. The zero-order chi connectivity index (χ0) is 23.9. The summed E-state index contributed by atoms with van der Waals surface area (Å²) in [6.45, 7) is 0. The number of amides is 1. The number of anilines is 3. The molecule has 1 amide bonds. The van der Waals surface area contributed by atoms with Crippen LogP contribution in [-0.4, -0.2) is 40.6 Å². The number of hydrogen-bond donors (Lipinski definition) is 3. The molecule has 0 saturated carbocycles. The Morgan fingerprint density at radius 1 is 1.09 bits per heavy atom. The number of fused-ring (bicyclic) bond motifs is 2. The van der Waals surface area contributed by atoms with Crippen LogP contribution in [-0.2, 0) is 7.05 Å². The lowest BCUT2D eigenvalue weighted by Gasteiger charge is -2.07. The second-order valence-corrected chi connectivity index (χ2v) is 7.96. The maximum absolute atomic E-state index is 14.2. The Kier molecular flexibility index (Phi) is 4.73. The van der Waals surface area contributed by atoms with Gasteiger partial charge in [0.05, 0.1) is 29.0 Å². The third kappa shape index (κ3) is 3.84. The fourth-order valence-corrected chi connectivity index (χ4v) is 3.85. The summed E-state index contributed by atoms with van der Waals surface area (Å²) in [4.78, 5) is 17.0. The number of carbonyl (C=O) groups excluding carboxylic acids is 1. The average molecular weight is 467 g/mol. The Morgan fingerprint density at radius 3 is 2.86 bits per heavy atom. The molecule has 172 valence electrons. The molecule has 11 heteroatoms. The van der Waals surface area contributed by atoms with Crippen molar-refractivity contribution in [3.8, 4) is 5.82 Å². The lowest BCUT2D eigenvalue weighted by atomic mass is 10.2. The van der Waals surface area contributed by atoms with Crippen molar-refractivity contribution < 1.29 is 9.18 Å². The predicted octanol–water partition coefficient (Wildman–Crippen LogP) is 4.17. The van der Waals surface area contributed by atoms with Gasteiger partial charge < -0.3 is 10.6 Å². The second-order valence-electron chi connectivity index (χ2n) is 7.96. The maximum atomic E-state index is 14.2. The van der Waals surface area contributed by atoms with Crippen LogP contribution in [0.3, 0.4) is 0 Å². The minimum absolute atomic E-state index is 0.330. The fourth-order valence-electron chi connectivity index (χ4n) is 3.85. The molecule has 6 aromatic rings. The molecule has 0 atom stereocenters. The van der Waals surface area contributed by atoms with Crippen molar-refractivity contribution in [3.63, 3.8) is 0 Å². The van der Waals surface area contributed by atoms with Crippen molar-refractivity contribution in [2.24, 2.45) is 7.05 Å². The highest BCUT2D eigenvalue weighted by Gasteiger charge is 2.16. The van der Waals surface area contributed by atoms with E-state index in [1.165, 1.54) is 23.0 Å². The van der Waals surface area contributed by atoms with Crippen LogP contribution >= 0.6 is 0 Å². The Labute approximate surface area is 197 Å². The minimum atomic E-state index is -0.397. The fraction of sp³-hybridized carbons (Fsp3) is 0.0417. The van der Waals surface area contributed by atoms with E-state index < -0.39 is 5.82 Å². The Hall–Kier alpha value is -5.06. The van der Waals surface area contributed by atoms with Crippen molar-refractivity contribution in [3.05, 3.63) is 84.6 Å². The van der Waals surface area contributed by atoms with E-state index in [9.17, 15) is 9.18 Å². The molecule has 4 heterocycles. The number of halogens is 1. The number of carbonyl (C=O) groups is 1. The number of rotatable bonds is 5. The van der Waals surface area contributed by atoms with E-state index in [2.05, 4.69) is 36.0 Å². The van der Waals surface area contributed by atoms with Crippen LogP contribution in [0.1, 0.15) is 10.4 Å². The number of H-pyrrole nitrogens is 1. The first-order chi connectivity index (χ1) is 17.0. The van der Waals surface area contributed by atoms with Gasteiger partial charge in [0.25, 0.3) is 5.91 Å². The van der Waals surface area contributed by atoms with E-state index in [4.69, 9.17) is 0 Å². The number of aromatic nitrogens is 7. The van der Waals surface area contributed by atoms with Gasteiger partial charge in [0, 0.05) is 35.8 Å². The van der Waals surface area contributed by atoms with E-state index >= 15 is 0 Å². The molecule has 3 N–H and O–H groups in total. The van der Waals surface area contributed by atoms with Crippen LogP contribution in [0, 0.1) is 5.82 Å². The highest BCUT2D eigenvalue weighted by Crippen LogP contribution is 2.29. The van der Waals surface area contributed by atoms with Crippen molar-refractivity contribution in [1.82, 2.24) is 34.7 Å². The topological polar surface area (TPSA) is 118 Å². The van der Waals surface area contributed by atoms with Gasteiger partial charge >= 0.3 is 0 Å². The molecule has 6 rings (SSSR count). The van der Waals surface area contributed by atoms with Gasteiger partial charge in [-0.2, -0.15) is 10.2 Å². The lowest BCUT2D eigenvalue weighted by molar-refractivity contribution is 0.102. The molecular weight excluding hydrogens is 449 g/mol. The van der Waals surface area contributed by atoms with Crippen LogP contribution < -0.4 is 10.6 Å². The average Bonchev–Trinajstić information content (AvgIpc) is 3.58. The highest BCUT2D eigenvalue weighted by atomic mass is 19.1. The monoisotopic (exact) mass is 467 g/mol. The normalized spacial score (nSPS) is 11.3. The molecule has 4 aromatic heterocycles. The highest BCUT2D eigenvalue weighted by molar-refractivity contribution is 6.03. The van der Waals surface area contributed by atoms with Crippen LogP contribution in [0.4, 0.5) is 21.7 Å². The van der Waals surface area contributed by atoms with E-state index in [1.54, 1.807) is 48.4 Å². The summed E-state index contributed by atoms with van der Waals surface area (Å²) in [6.07, 6.45) is 4.82. The number of aryl methyl sites for hydroxylation is 1. The van der Waals surface area contributed by atoms with Gasteiger partial charge in [-0.05, 0) is 42.5 Å². The molecule has 0 aliphatic heterocycles. The molecule has 10 nitrogen and oxygen atoms in total. The van der Waals surface area contributed by atoms with Gasteiger partial charge in [-0.3, -0.25) is 14.6 Å². The Bertz CT molecular complexity index is 1710. The first-order valence-corrected chi connectivity index (χ1v) is 10.7. The maximum Gasteiger partial charge on any atom is 0.260 e. The third-order valence-corrected chi connectivity index (χ3v) is 5.51. The van der Waals surface area contributed by atoms with E-state index in [0.29, 0.717) is 33.9 Å². The molecular formula is C24H18FN9O. The second kappa shape index (κ2) is 8.06. The number of pyridine rings is 1. The number of hydrogen-bond acceptors (Lipinski definition) is 6. The van der Waals surface area contributed by atoms with Gasteiger partial charge in [-0.15, -0.1) is 5.10 Å². The number of aromatic amines is 1. The van der Waals surface area contributed by atoms with Gasteiger partial charge in [0.1, 0.15) is 11.6 Å². The summed E-state index contributed by atoms with van der Waals surface area (Å²) >= 11 is 0. The van der Waals surface area contributed by atoms with E-state index in [1.807, 2.05) is 18.2 Å². The van der Waals surface area contributed by atoms with Crippen molar-refractivity contribution in [1.29, 1.82) is 0 Å². The standard InChI is InChI=1S/C24H18FN9O/c1-33-13-15(12-27-33)24(35)30-21-3-2-4-22(29-21)34-20-10-16(25)5-7-18(20)23(32-34)28-17-6-8-19-14(9-17)11-26-31-19/h2-13H,1H3,(H,26,31)(H,28,32)(H,29,30,35). The smallest absolute Gasteiger partial charge is 0.260 e. The summed E-state index contributed by atoms with van der Waals surface area (Å²) < 4.78 is 17.3. The van der Waals surface area contributed by atoms with Crippen LogP contribution in [0.15, 0.2) is 73.2 Å². The van der Waals surface area contributed by atoms with Gasteiger partial charge in [-0.25, -0.2) is 14.1 Å². The molecule has 0 fully saturated rings. The Balaban J connectivity index is 1.37. The van der Waals surface area contributed by atoms with E-state index in [0.717, 1.165) is 16.6 Å². The molecule has 0 bridgehead atoms. The van der Waals surface area contributed by atoms with Crippen LogP contribution in [0.2, 0.25) is 0 Å². The lowest BCUT2D eigenvalue weighted by Crippen LogP contribution is -2.13. The van der Waals surface area contributed by atoms with Gasteiger partial charge in [-0.1, -0.05) is 6.07 Å². The van der Waals surface area contributed by atoms with E-state index in [-0.39, 0.29) is 5.91 Å². The molecule has 35 heavy (non-hydrogen) atoms. The summed E-state index contributed by atoms with van der Waals surface area (Å²) in [6, 6.07) is 15.4. The summed E-state index contributed by atoms with van der Waals surface area (Å²) in [5.41, 5.74) is 2.66. The molecule has 0 unspecified atom stereocenters. The SMILES string of the molecule is Cn1cc(C(=O)Nc2cccc(-n3nc(Nc4ccc5[nH]ncc5c4)c4ccc(F)cc43)n2)cn1. The van der Waals surface area contributed by atoms with Crippen molar-refractivity contribution in [2.75, 3.05) is 10.6 Å². The van der Waals surface area contributed by atoms with Gasteiger partial charge in [0.2, 0.25) is 0 Å². The summed E-state index contributed by atoms with van der Waals surface area (Å²) in [5.74, 6) is 0.552. The number of nitrogens with zero attached hydrogens (tertiary/aromatic N) is 6. The van der Waals surface area contributed by atoms with Crippen molar-refractivity contribution >= 4 is 45.0 Å². The molecule has 0 aliphatic rings. The quantitative estimate of drug-likeness (QED) is 0.350. The predicted molar refractivity (Wildman–Crippen MR) is 129 cm³/mol. The number of benzene rings is 2. The largest absolute Gasteiger partial charge is 0.338 e. The van der Waals surface area contributed by atoms with Crippen LogP contribution in [0.5, 0.6) is 0 Å². The van der Waals surface area contributed by atoms with Gasteiger partial charge in [0.15, 0.2) is 11.6 Å². The minimum Gasteiger partial charge on any atom is -0.338 e. The molecule has 0 aliphatic carbocycles.